The van der Waals surface area contributed by atoms with Crippen LogP contribution in [-0.2, 0) is 4.79 Å². The summed E-state index contributed by atoms with van der Waals surface area (Å²) in [6, 6.07) is 1.89. The number of anilines is 1. The van der Waals surface area contributed by atoms with Gasteiger partial charge in [-0.2, -0.15) is 0 Å². The first-order valence-corrected chi connectivity index (χ1v) is 7.40. The molecule has 3 amide bonds. The largest absolute Gasteiger partial charge is 0.363 e. The third-order valence-electron chi connectivity index (χ3n) is 4.11. The molecular weight excluding hydrogens is 272 g/mol. The van der Waals surface area contributed by atoms with Crippen LogP contribution < -0.4 is 5.32 Å². The fourth-order valence-corrected chi connectivity index (χ4v) is 2.90. The maximum atomic E-state index is 12.3. The molecule has 1 aliphatic heterocycles. The number of nitrogens with zero attached hydrogens (tertiary/aromatic N) is 3. The Hall–Kier alpha value is -2.05. The van der Waals surface area contributed by atoms with E-state index in [1.54, 1.807) is 17.9 Å². The Morgan fingerprint density at radius 1 is 1.48 bits per heavy atom. The molecule has 1 atom stereocenters. The van der Waals surface area contributed by atoms with Gasteiger partial charge >= 0.3 is 6.03 Å². The molecule has 1 aromatic heterocycles. The van der Waals surface area contributed by atoms with Crippen LogP contribution in [0.1, 0.15) is 32.6 Å². The third kappa shape index (κ3) is 3.17. The molecule has 0 aromatic carbocycles. The summed E-state index contributed by atoms with van der Waals surface area (Å²) in [5.74, 6) is 0.512. The number of hydrogen-bond acceptors (Lipinski definition) is 4. The SMILES string of the molecule is CC(=O)N(C[C@H]1CCCN1C(=O)Nc1ccon1)C1CC1. The number of nitrogens with one attached hydrogen (secondary N) is 1. The van der Waals surface area contributed by atoms with Gasteiger partial charge in [-0.1, -0.05) is 5.16 Å². The second kappa shape index (κ2) is 5.75. The number of carbonyl (C=O) groups is 2. The van der Waals surface area contributed by atoms with Crippen molar-refractivity contribution in [3.63, 3.8) is 0 Å². The summed E-state index contributed by atoms with van der Waals surface area (Å²) in [7, 11) is 0. The van der Waals surface area contributed by atoms with Crippen LogP contribution >= 0.6 is 0 Å². The second-order valence-electron chi connectivity index (χ2n) is 5.71. The van der Waals surface area contributed by atoms with Gasteiger partial charge in [-0.25, -0.2) is 4.79 Å². The van der Waals surface area contributed by atoms with E-state index in [1.807, 2.05) is 4.90 Å². The Labute approximate surface area is 123 Å². The Bertz CT molecular complexity index is 512. The van der Waals surface area contributed by atoms with Crippen molar-refractivity contribution in [2.75, 3.05) is 18.4 Å². The average Bonchev–Trinajstić information content (AvgIpc) is 2.97. The van der Waals surface area contributed by atoms with Crippen LogP contribution in [0.3, 0.4) is 0 Å². The molecule has 1 aliphatic carbocycles. The first-order chi connectivity index (χ1) is 10.1. The molecule has 7 heteroatoms. The molecule has 1 saturated carbocycles. The zero-order valence-corrected chi connectivity index (χ0v) is 12.1. The van der Waals surface area contributed by atoms with E-state index in [0.29, 0.717) is 24.9 Å². The number of likely N-dealkylation sites (tertiary alicyclic amines) is 1. The number of rotatable bonds is 4. The molecule has 0 radical (unpaired) electrons. The maximum absolute atomic E-state index is 12.3. The molecule has 1 N–H and O–H groups in total. The van der Waals surface area contributed by atoms with Gasteiger partial charge in [0, 0.05) is 32.1 Å². The van der Waals surface area contributed by atoms with Crippen LogP contribution in [0.4, 0.5) is 10.6 Å². The monoisotopic (exact) mass is 292 g/mol. The van der Waals surface area contributed by atoms with Crippen LogP contribution in [-0.4, -0.2) is 52.1 Å². The summed E-state index contributed by atoms with van der Waals surface area (Å²) in [4.78, 5) is 27.7. The summed E-state index contributed by atoms with van der Waals surface area (Å²) in [5, 5.41) is 6.40. The van der Waals surface area contributed by atoms with Crippen LogP contribution in [0.25, 0.3) is 0 Å². The van der Waals surface area contributed by atoms with Gasteiger partial charge in [-0.3, -0.25) is 10.1 Å². The normalized spacial score (nSPS) is 21.4. The van der Waals surface area contributed by atoms with Crippen molar-refractivity contribution < 1.29 is 14.1 Å². The Morgan fingerprint density at radius 2 is 2.29 bits per heavy atom. The van der Waals surface area contributed by atoms with Gasteiger partial charge < -0.3 is 14.3 Å². The summed E-state index contributed by atoms with van der Waals surface area (Å²) < 4.78 is 4.70. The van der Waals surface area contributed by atoms with Crippen molar-refractivity contribution in [3.05, 3.63) is 12.3 Å². The first-order valence-electron chi connectivity index (χ1n) is 7.40. The van der Waals surface area contributed by atoms with Crippen LogP contribution in [0.2, 0.25) is 0 Å². The topological polar surface area (TPSA) is 78.7 Å². The second-order valence-corrected chi connectivity index (χ2v) is 5.71. The van der Waals surface area contributed by atoms with E-state index in [1.165, 1.54) is 6.26 Å². The predicted molar refractivity (Wildman–Crippen MR) is 75.7 cm³/mol. The minimum absolute atomic E-state index is 0.0846. The standard InChI is InChI=1S/C14H20N4O3/c1-10(19)18(11-4-5-11)9-12-3-2-7-17(12)14(20)15-13-6-8-21-16-13/h6,8,11-12H,2-5,7,9H2,1H3,(H,15,16,20)/t12-/m1/s1. The zero-order chi connectivity index (χ0) is 14.8. The van der Waals surface area contributed by atoms with E-state index in [4.69, 9.17) is 4.52 Å². The van der Waals surface area contributed by atoms with Gasteiger partial charge in [0.1, 0.15) is 6.26 Å². The Balaban J connectivity index is 1.61. The van der Waals surface area contributed by atoms with E-state index < -0.39 is 0 Å². The van der Waals surface area contributed by atoms with Crippen molar-refractivity contribution in [1.82, 2.24) is 15.0 Å². The van der Waals surface area contributed by atoms with Crippen molar-refractivity contribution >= 4 is 17.8 Å². The van der Waals surface area contributed by atoms with E-state index in [-0.39, 0.29) is 18.0 Å². The molecule has 2 aliphatic rings. The van der Waals surface area contributed by atoms with Crippen LogP contribution in [0.15, 0.2) is 16.9 Å². The summed E-state index contributed by atoms with van der Waals surface area (Å²) in [5.41, 5.74) is 0. The molecule has 0 spiro atoms. The molecule has 2 fully saturated rings. The van der Waals surface area contributed by atoms with Gasteiger partial charge in [0.05, 0.1) is 6.04 Å². The highest BCUT2D eigenvalue weighted by Gasteiger charge is 2.36. The molecule has 2 heterocycles. The predicted octanol–water partition coefficient (Wildman–Crippen LogP) is 1.68. The number of urea groups is 1. The lowest BCUT2D eigenvalue weighted by molar-refractivity contribution is -0.130. The van der Waals surface area contributed by atoms with Crippen LogP contribution in [0.5, 0.6) is 0 Å². The number of carbonyl (C=O) groups excluding carboxylic acids is 2. The molecule has 0 unspecified atom stereocenters. The molecule has 7 nitrogen and oxygen atoms in total. The van der Waals surface area contributed by atoms with Crippen molar-refractivity contribution in [3.8, 4) is 0 Å². The summed E-state index contributed by atoms with van der Waals surface area (Å²) in [6.07, 6.45) is 5.48. The highest BCUT2D eigenvalue weighted by molar-refractivity contribution is 5.88. The van der Waals surface area contributed by atoms with E-state index in [9.17, 15) is 9.59 Å². The van der Waals surface area contributed by atoms with Gasteiger partial charge in [-0.05, 0) is 25.7 Å². The molecule has 3 rings (SSSR count). The fourth-order valence-electron chi connectivity index (χ4n) is 2.90. The summed E-state index contributed by atoms with van der Waals surface area (Å²) in [6.45, 7) is 2.95. The van der Waals surface area contributed by atoms with Gasteiger partial charge in [0.15, 0.2) is 5.82 Å². The van der Waals surface area contributed by atoms with E-state index >= 15 is 0 Å². The Kier molecular flexibility index (Phi) is 3.81. The minimum atomic E-state index is -0.175. The summed E-state index contributed by atoms with van der Waals surface area (Å²) >= 11 is 0. The first kappa shape index (κ1) is 13.9. The molecule has 114 valence electrons. The number of hydrogen-bond donors (Lipinski definition) is 1. The molecular formula is C14H20N4O3. The van der Waals surface area contributed by atoms with Crippen molar-refractivity contribution in [2.24, 2.45) is 0 Å². The average molecular weight is 292 g/mol. The zero-order valence-electron chi connectivity index (χ0n) is 12.1. The lowest BCUT2D eigenvalue weighted by atomic mass is 10.2. The maximum Gasteiger partial charge on any atom is 0.323 e. The smallest absolute Gasteiger partial charge is 0.323 e. The van der Waals surface area contributed by atoms with Gasteiger partial charge in [0.2, 0.25) is 5.91 Å². The minimum Gasteiger partial charge on any atom is -0.363 e. The quantitative estimate of drug-likeness (QED) is 0.915. The highest BCUT2D eigenvalue weighted by Crippen LogP contribution is 2.29. The molecule has 0 bridgehead atoms. The van der Waals surface area contributed by atoms with Crippen LogP contribution in [0, 0.1) is 0 Å². The fraction of sp³-hybridized carbons (Fsp3) is 0.643. The third-order valence-corrected chi connectivity index (χ3v) is 4.11. The van der Waals surface area contributed by atoms with Crippen molar-refractivity contribution in [2.45, 2.75) is 44.7 Å². The molecule has 1 saturated heterocycles. The lowest BCUT2D eigenvalue weighted by Gasteiger charge is -2.30. The number of aromatic nitrogens is 1. The van der Waals surface area contributed by atoms with Gasteiger partial charge in [0.25, 0.3) is 0 Å². The van der Waals surface area contributed by atoms with Crippen molar-refractivity contribution in [1.29, 1.82) is 0 Å². The lowest BCUT2D eigenvalue weighted by Crippen LogP contribution is -2.46. The van der Waals surface area contributed by atoms with E-state index in [2.05, 4.69) is 10.5 Å². The highest BCUT2D eigenvalue weighted by atomic mass is 16.5. The number of amides is 3. The van der Waals surface area contributed by atoms with E-state index in [0.717, 1.165) is 25.7 Å². The Morgan fingerprint density at radius 3 is 2.90 bits per heavy atom. The molecule has 1 aromatic rings. The van der Waals surface area contributed by atoms with Gasteiger partial charge in [-0.15, -0.1) is 0 Å². The molecule has 21 heavy (non-hydrogen) atoms.